The standard InChI is InChI=1S/C16H18O3S/c1-16(9-4-7-14(17)18)15-12(8-10-19-16)11-5-2-3-6-13(11)20-15/h2-3,5-6H,4,7-10H2,1H3,(H,17,18). The molecule has 0 saturated heterocycles. The number of aliphatic carboxylic acids is 1. The van der Waals surface area contributed by atoms with Crippen LogP contribution < -0.4 is 0 Å². The van der Waals surface area contributed by atoms with Gasteiger partial charge in [-0.25, -0.2) is 0 Å². The van der Waals surface area contributed by atoms with E-state index in [1.54, 1.807) is 11.3 Å². The van der Waals surface area contributed by atoms with Crippen LogP contribution in [-0.4, -0.2) is 17.7 Å². The molecule has 0 spiro atoms. The number of benzene rings is 1. The van der Waals surface area contributed by atoms with Gasteiger partial charge < -0.3 is 9.84 Å². The Morgan fingerprint density at radius 2 is 2.25 bits per heavy atom. The van der Waals surface area contributed by atoms with Crippen LogP contribution in [0.4, 0.5) is 0 Å². The first-order chi connectivity index (χ1) is 9.60. The van der Waals surface area contributed by atoms with E-state index in [0.29, 0.717) is 6.42 Å². The molecule has 20 heavy (non-hydrogen) atoms. The second-order valence-corrected chi connectivity index (χ2v) is 6.53. The van der Waals surface area contributed by atoms with Gasteiger partial charge in [-0.2, -0.15) is 0 Å². The normalized spacial score (nSPS) is 21.9. The lowest BCUT2D eigenvalue weighted by Gasteiger charge is -2.34. The van der Waals surface area contributed by atoms with E-state index in [9.17, 15) is 4.79 Å². The molecule has 0 fully saturated rings. The van der Waals surface area contributed by atoms with Gasteiger partial charge in [0.25, 0.3) is 0 Å². The Balaban J connectivity index is 1.94. The van der Waals surface area contributed by atoms with Gasteiger partial charge in [-0.05, 0) is 43.2 Å². The van der Waals surface area contributed by atoms with Gasteiger partial charge in [-0.15, -0.1) is 11.3 Å². The Bertz CT molecular complexity index is 646. The van der Waals surface area contributed by atoms with Crippen LogP contribution >= 0.6 is 11.3 Å². The number of fused-ring (bicyclic) bond motifs is 3. The minimum Gasteiger partial charge on any atom is -0.481 e. The molecule has 1 aliphatic rings. The topological polar surface area (TPSA) is 46.5 Å². The summed E-state index contributed by atoms with van der Waals surface area (Å²) >= 11 is 1.79. The molecular weight excluding hydrogens is 272 g/mol. The molecule has 1 aromatic heterocycles. The highest BCUT2D eigenvalue weighted by Gasteiger charge is 2.35. The molecular formula is C16H18O3S. The lowest BCUT2D eigenvalue weighted by atomic mass is 9.90. The number of thiophene rings is 1. The third-order valence-electron chi connectivity index (χ3n) is 4.00. The van der Waals surface area contributed by atoms with Crippen molar-refractivity contribution >= 4 is 27.4 Å². The summed E-state index contributed by atoms with van der Waals surface area (Å²) in [4.78, 5) is 12.0. The molecule has 106 valence electrons. The Morgan fingerprint density at radius 1 is 1.45 bits per heavy atom. The maximum Gasteiger partial charge on any atom is 0.303 e. The van der Waals surface area contributed by atoms with E-state index in [2.05, 4.69) is 31.2 Å². The van der Waals surface area contributed by atoms with E-state index in [1.165, 1.54) is 20.5 Å². The van der Waals surface area contributed by atoms with Gasteiger partial charge >= 0.3 is 5.97 Å². The van der Waals surface area contributed by atoms with Gasteiger partial charge in [0.2, 0.25) is 0 Å². The van der Waals surface area contributed by atoms with E-state index in [0.717, 1.165) is 19.4 Å². The van der Waals surface area contributed by atoms with E-state index in [-0.39, 0.29) is 12.0 Å². The molecule has 3 nitrogen and oxygen atoms in total. The van der Waals surface area contributed by atoms with E-state index in [1.807, 2.05) is 0 Å². The van der Waals surface area contributed by atoms with Crippen molar-refractivity contribution in [1.29, 1.82) is 0 Å². The quantitative estimate of drug-likeness (QED) is 0.927. The summed E-state index contributed by atoms with van der Waals surface area (Å²) < 4.78 is 7.32. The van der Waals surface area contributed by atoms with Crippen LogP contribution in [0.5, 0.6) is 0 Å². The van der Waals surface area contributed by atoms with Crippen LogP contribution in [0.25, 0.3) is 10.1 Å². The highest BCUT2D eigenvalue weighted by molar-refractivity contribution is 7.19. The summed E-state index contributed by atoms with van der Waals surface area (Å²) in [7, 11) is 0. The zero-order chi connectivity index (χ0) is 14.2. The molecule has 2 heterocycles. The average Bonchev–Trinajstić information content (AvgIpc) is 2.79. The first kappa shape index (κ1) is 13.6. The van der Waals surface area contributed by atoms with Crippen molar-refractivity contribution in [2.45, 2.75) is 38.2 Å². The first-order valence-corrected chi connectivity index (χ1v) is 7.78. The number of rotatable bonds is 4. The summed E-state index contributed by atoms with van der Waals surface area (Å²) in [6.45, 7) is 2.82. The van der Waals surface area contributed by atoms with Crippen LogP contribution in [-0.2, 0) is 21.6 Å². The molecule has 0 amide bonds. The highest BCUT2D eigenvalue weighted by Crippen LogP contribution is 2.45. The third kappa shape index (κ3) is 2.34. The molecule has 1 aromatic carbocycles. The predicted molar refractivity (Wildman–Crippen MR) is 80.3 cm³/mol. The average molecular weight is 290 g/mol. The van der Waals surface area contributed by atoms with E-state index >= 15 is 0 Å². The number of ether oxygens (including phenoxy) is 1. The number of hydrogen-bond donors (Lipinski definition) is 1. The first-order valence-electron chi connectivity index (χ1n) is 6.97. The fourth-order valence-electron chi connectivity index (χ4n) is 2.98. The molecule has 3 rings (SSSR count). The highest BCUT2D eigenvalue weighted by atomic mass is 32.1. The Hall–Kier alpha value is -1.39. The zero-order valence-corrected chi connectivity index (χ0v) is 12.3. The summed E-state index contributed by atoms with van der Waals surface area (Å²) in [6.07, 6.45) is 2.58. The number of hydrogen-bond acceptors (Lipinski definition) is 3. The van der Waals surface area contributed by atoms with Gasteiger partial charge in [0, 0.05) is 16.0 Å². The molecule has 0 saturated carbocycles. The minimum atomic E-state index is -0.735. The molecule has 0 bridgehead atoms. The van der Waals surface area contributed by atoms with Crippen molar-refractivity contribution < 1.29 is 14.6 Å². The molecule has 1 aliphatic heterocycles. The summed E-state index contributed by atoms with van der Waals surface area (Å²) in [5.41, 5.74) is 1.07. The zero-order valence-electron chi connectivity index (χ0n) is 11.5. The molecule has 4 heteroatoms. The smallest absolute Gasteiger partial charge is 0.303 e. The van der Waals surface area contributed by atoms with E-state index < -0.39 is 5.97 Å². The van der Waals surface area contributed by atoms with Crippen LogP contribution in [0.15, 0.2) is 24.3 Å². The van der Waals surface area contributed by atoms with Gasteiger partial charge in [0.15, 0.2) is 0 Å². The summed E-state index contributed by atoms with van der Waals surface area (Å²) in [6, 6.07) is 8.46. The third-order valence-corrected chi connectivity index (χ3v) is 5.45. The van der Waals surface area contributed by atoms with E-state index in [4.69, 9.17) is 9.84 Å². The molecule has 0 radical (unpaired) electrons. The number of carboxylic acids is 1. The molecule has 1 unspecified atom stereocenters. The van der Waals surface area contributed by atoms with Gasteiger partial charge in [-0.1, -0.05) is 18.2 Å². The van der Waals surface area contributed by atoms with Crippen LogP contribution in [0.1, 0.15) is 36.6 Å². The lowest BCUT2D eigenvalue weighted by molar-refractivity contribution is -0.137. The molecule has 1 atom stereocenters. The van der Waals surface area contributed by atoms with Crippen molar-refractivity contribution in [2.24, 2.45) is 0 Å². The number of carbonyl (C=O) groups is 1. The minimum absolute atomic E-state index is 0.208. The Morgan fingerprint density at radius 3 is 3.05 bits per heavy atom. The van der Waals surface area contributed by atoms with Crippen LogP contribution in [0, 0.1) is 0 Å². The second-order valence-electron chi connectivity index (χ2n) is 5.48. The largest absolute Gasteiger partial charge is 0.481 e. The fraction of sp³-hybridized carbons (Fsp3) is 0.438. The Labute approximate surface area is 122 Å². The summed E-state index contributed by atoms with van der Waals surface area (Å²) in [5.74, 6) is -0.735. The van der Waals surface area contributed by atoms with Crippen LogP contribution in [0.3, 0.4) is 0 Å². The molecule has 0 aliphatic carbocycles. The van der Waals surface area contributed by atoms with Gasteiger partial charge in [0.1, 0.15) is 0 Å². The van der Waals surface area contributed by atoms with Crippen molar-refractivity contribution in [3.8, 4) is 0 Å². The van der Waals surface area contributed by atoms with Crippen molar-refractivity contribution in [2.75, 3.05) is 6.61 Å². The lowest BCUT2D eigenvalue weighted by Crippen LogP contribution is -2.31. The Kier molecular flexibility index (Phi) is 3.52. The van der Waals surface area contributed by atoms with Gasteiger partial charge in [0.05, 0.1) is 12.2 Å². The predicted octanol–water partition coefficient (Wildman–Crippen LogP) is 3.94. The van der Waals surface area contributed by atoms with Crippen molar-refractivity contribution in [3.05, 3.63) is 34.7 Å². The van der Waals surface area contributed by atoms with Crippen molar-refractivity contribution in [3.63, 3.8) is 0 Å². The van der Waals surface area contributed by atoms with Gasteiger partial charge in [-0.3, -0.25) is 4.79 Å². The molecule has 2 aromatic rings. The molecule has 1 N–H and O–H groups in total. The SMILES string of the molecule is CC1(CCCC(=O)O)OCCc2c1sc1ccccc21. The monoisotopic (exact) mass is 290 g/mol. The fourth-order valence-corrected chi connectivity index (χ4v) is 4.36. The van der Waals surface area contributed by atoms with Crippen molar-refractivity contribution in [1.82, 2.24) is 0 Å². The second kappa shape index (κ2) is 5.19. The van der Waals surface area contributed by atoms with Crippen LogP contribution in [0.2, 0.25) is 0 Å². The maximum atomic E-state index is 10.7. The summed E-state index contributed by atoms with van der Waals surface area (Å²) in [5, 5.41) is 10.1. The number of carboxylic acid groups (broad SMARTS) is 1. The maximum absolute atomic E-state index is 10.7.